The van der Waals surface area contributed by atoms with Crippen molar-refractivity contribution in [1.29, 1.82) is 0 Å². The van der Waals surface area contributed by atoms with E-state index in [-0.39, 0.29) is 5.56 Å². The van der Waals surface area contributed by atoms with Gasteiger partial charge in [0.05, 0.1) is 0 Å². The van der Waals surface area contributed by atoms with Gasteiger partial charge in [0.1, 0.15) is 15.7 Å². The highest BCUT2D eigenvalue weighted by Crippen LogP contribution is 2.09. The molecule has 1 aromatic heterocycles. The predicted octanol–water partition coefficient (Wildman–Crippen LogP) is 0.102. The summed E-state index contributed by atoms with van der Waals surface area (Å²) in [6, 6.07) is 13.2. The van der Waals surface area contributed by atoms with Crippen molar-refractivity contribution in [3.63, 3.8) is 0 Å². The molecule has 1 aromatic carbocycles. The molecule has 0 spiro atoms. The van der Waals surface area contributed by atoms with Crippen molar-refractivity contribution >= 4 is 15.7 Å². The molecule has 0 unspecified atom stereocenters. The summed E-state index contributed by atoms with van der Waals surface area (Å²) in [6.07, 6.45) is 1.92. The van der Waals surface area contributed by atoms with Crippen LogP contribution in [-0.4, -0.2) is 20.3 Å². The SMILES string of the molecule is BC(B)c1ccc(=O)n(-c2ccccc2)c1. The molecule has 0 saturated heterocycles. The molecule has 2 nitrogen and oxygen atoms in total. The summed E-state index contributed by atoms with van der Waals surface area (Å²) in [5, 5.41) is 0. The van der Waals surface area contributed by atoms with Gasteiger partial charge in [0, 0.05) is 18.0 Å². The standard InChI is InChI=1S/C12H13B2NO/c13-12(14)9-6-7-11(16)15(8-9)10-4-2-1-3-5-10/h1-8,12H,13-14H2. The Kier molecular flexibility index (Phi) is 3.00. The second-order valence-electron chi connectivity index (χ2n) is 4.16. The van der Waals surface area contributed by atoms with Crippen LogP contribution in [0.3, 0.4) is 0 Å². The van der Waals surface area contributed by atoms with Crippen molar-refractivity contribution in [2.75, 3.05) is 0 Å². The number of nitrogens with zero attached hydrogens (tertiary/aromatic N) is 1. The molecule has 16 heavy (non-hydrogen) atoms. The summed E-state index contributed by atoms with van der Waals surface area (Å²) in [7, 11) is 4.24. The van der Waals surface area contributed by atoms with E-state index in [1.165, 1.54) is 5.56 Å². The quantitative estimate of drug-likeness (QED) is 0.643. The Balaban J connectivity index is 2.56. The Bertz CT molecular complexity index is 534. The molecule has 2 aromatic rings. The highest BCUT2D eigenvalue weighted by Gasteiger charge is 2.03. The second-order valence-corrected chi connectivity index (χ2v) is 4.16. The molecule has 1 heterocycles. The third kappa shape index (κ3) is 2.11. The molecule has 0 radical (unpaired) electrons. The van der Waals surface area contributed by atoms with Crippen LogP contribution in [0.2, 0.25) is 0 Å². The average Bonchev–Trinajstić information content (AvgIpc) is 2.30. The van der Waals surface area contributed by atoms with Crippen LogP contribution in [0.15, 0.2) is 53.5 Å². The fraction of sp³-hybridized carbons (Fsp3) is 0.0833. The number of hydrogen-bond acceptors (Lipinski definition) is 1. The van der Waals surface area contributed by atoms with Crippen LogP contribution in [0.25, 0.3) is 5.69 Å². The zero-order chi connectivity index (χ0) is 11.5. The maximum Gasteiger partial charge on any atom is 0.255 e. The summed E-state index contributed by atoms with van der Waals surface area (Å²) in [6.45, 7) is 0. The van der Waals surface area contributed by atoms with E-state index >= 15 is 0 Å². The number of para-hydroxylation sites is 1. The zero-order valence-corrected chi connectivity index (χ0v) is 9.55. The van der Waals surface area contributed by atoms with Crippen LogP contribution in [-0.2, 0) is 0 Å². The fourth-order valence-electron chi connectivity index (χ4n) is 1.64. The molecule has 0 amide bonds. The zero-order valence-electron chi connectivity index (χ0n) is 9.55. The van der Waals surface area contributed by atoms with Crippen LogP contribution in [0, 0.1) is 0 Å². The lowest BCUT2D eigenvalue weighted by molar-refractivity contribution is 0.970. The summed E-state index contributed by atoms with van der Waals surface area (Å²) in [5.41, 5.74) is 2.52. The summed E-state index contributed by atoms with van der Waals surface area (Å²) >= 11 is 0. The smallest absolute Gasteiger partial charge is 0.255 e. The molecular formula is C12H13B2NO. The first-order chi connectivity index (χ1) is 7.68. The van der Waals surface area contributed by atoms with Crippen molar-refractivity contribution in [3.05, 3.63) is 64.6 Å². The summed E-state index contributed by atoms with van der Waals surface area (Å²) in [4.78, 5) is 11.8. The minimum absolute atomic E-state index is 0.00981. The fourth-order valence-corrected chi connectivity index (χ4v) is 1.64. The van der Waals surface area contributed by atoms with Crippen LogP contribution in [0.5, 0.6) is 0 Å². The Labute approximate surface area is 96.7 Å². The molecular weight excluding hydrogens is 196 g/mol. The molecule has 0 fully saturated rings. The normalized spacial score (nSPS) is 10.6. The molecule has 0 atom stereocenters. The van der Waals surface area contributed by atoms with Crippen molar-refractivity contribution in [2.45, 2.75) is 5.72 Å². The Morgan fingerprint density at radius 2 is 1.69 bits per heavy atom. The maximum atomic E-state index is 11.8. The van der Waals surface area contributed by atoms with Gasteiger partial charge in [-0.05, 0) is 17.7 Å². The van der Waals surface area contributed by atoms with E-state index in [4.69, 9.17) is 0 Å². The maximum absolute atomic E-state index is 11.8. The molecule has 0 N–H and O–H groups in total. The van der Waals surface area contributed by atoms with Crippen molar-refractivity contribution in [1.82, 2.24) is 4.57 Å². The van der Waals surface area contributed by atoms with Crippen LogP contribution >= 0.6 is 0 Å². The molecule has 78 valence electrons. The Morgan fingerprint density at radius 3 is 2.31 bits per heavy atom. The van der Waals surface area contributed by atoms with Crippen molar-refractivity contribution < 1.29 is 0 Å². The number of pyridine rings is 1. The monoisotopic (exact) mass is 209 g/mol. The third-order valence-electron chi connectivity index (χ3n) is 2.63. The van der Waals surface area contributed by atoms with E-state index in [9.17, 15) is 4.79 Å². The van der Waals surface area contributed by atoms with E-state index in [0.29, 0.717) is 5.72 Å². The summed E-state index contributed by atoms with van der Waals surface area (Å²) < 4.78 is 1.69. The molecule has 0 aliphatic rings. The largest absolute Gasteiger partial charge is 0.284 e. The Morgan fingerprint density at radius 1 is 1.00 bits per heavy atom. The lowest BCUT2D eigenvalue weighted by atomic mass is 9.67. The van der Waals surface area contributed by atoms with E-state index in [2.05, 4.69) is 15.7 Å². The lowest BCUT2D eigenvalue weighted by Crippen LogP contribution is -2.18. The molecule has 0 saturated carbocycles. The van der Waals surface area contributed by atoms with E-state index < -0.39 is 0 Å². The first-order valence-corrected chi connectivity index (χ1v) is 5.46. The predicted molar refractivity (Wildman–Crippen MR) is 71.9 cm³/mol. The van der Waals surface area contributed by atoms with Gasteiger partial charge < -0.3 is 0 Å². The molecule has 0 aliphatic carbocycles. The number of rotatable bonds is 2. The number of aromatic nitrogens is 1. The van der Waals surface area contributed by atoms with Crippen LogP contribution in [0.1, 0.15) is 11.3 Å². The van der Waals surface area contributed by atoms with Gasteiger partial charge in [0.25, 0.3) is 5.56 Å². The molecule has 0 bridgehead atoms. The number of benzene rings is 1. The molecule has 4 heteroatoms. The first kappa shape index (κ1) is 10.8. The minimum Gasteiger partial charge on any atom is -0.284 e. The first-order valence-electron chi connectivity index (χ1n) is 5.46. The number of hydrogen-bond donors (Lipinski definition) is 0. The minimum atomic E-state index is 0.00981. The van der Waals surface area contributed by atoms with Gasteiger partial charge >= 0.3 is 0 Å². The topological polar surface area (TPSA) is 22.0 Å². The highest BCUT2D eigenvalue weighted by atomic mass is 16.1. The van der Waals surface area contributed by atoms with Gasteiger partial charge in [0.15, 0.2) is 0 Å². The van der Waals surface area contributed by atoms with E-state index in [1.807, 2.05) is 42.6 Å². The third-order valence-corrected chi connectivity index (χ3v) is 2.63. The van der Waals surface area contributed by atoms with Crippen molar-refractivity contribution in [3.8, 4) is 5.69 Å². The summed E-state index contributed by atoms with van der Waals surface area (Å²) in [5.74, 6) is 0. The molecule has 2 rings (SSSR count). The van der Waals surface area contributed by atoms with Crippen LogP contribution < -0.4 is 5.56 Å². The lowest BCUT2D eigenvalue weighted by Gasteiger charge is -2.10. The van der Waals surface area contributed by atoms with Crippen LogP contribution in [0.4, 0.5) is 0 Å². The Hall–Kier alpha value is -1.70. The van der Waals surface area contributed by atoms with Crippen molar-refractivity contribution in [2.24, 2.45) is 0 Å². The second kappa shape index (κ2) is 4.44. The van der Waals surface area contributed by atoms with Gasteiger partial charge in [-0.15, -0.1) is 0 Å². The van der Waals surface area contributed by atoms with Gasteiger partial charge in [-0.2, -0.15) is 0 Å². The molecule has 0 aliphatic heterocycles. The van der Waals surface area contributed by atoms with Gasteiger partial charge in [0.2, 0.25) is 0 Å². The van der Waals surface area contributed by atoms with E-state index in [0.717, 1.165) is 5.69 Å². The van der Waals surface area contributed by atoms with Gasteiger partial charge in [-0.3, -0.25) is 9.36 Å². The highest BCUT2D eigenvalue weighted by molar-refractivity contribution is 6.35. The van der Waals surface area contributed by atoms with Gasteiger partial charge in [-0.25, -0.2) is 0 Å². The van der Waals surface area contributed by atoms with E-state index in [1.54, 1.807) is 10.6 Å². The average molecular weight is 209 g/mol. The van der Waals surface area contributed by atoms with Gasteiger partial charge in [-0.1, -0.05) is 30.0 Å².